The molecule has 1 amide bonds. The summed E-state index contributed by atoms with van der Waals surface area (Å²) in [6.07, 6.45) is 0. The van der Waals surface area contributed by atoms with Crippen LogP contribution in [0, 0.1) is 5.92 Å². The van der Waals surface area contributed by atoms with Crippen molar-refractivity contribution in [3.8, 4) is 0 Å². The molecule has 1 aliphatic rings. The largest absolute Gasteiger partial charge is 0.335 e. The average molecular weight is 279 g/mol. The number of hydrogen-bond donors (Lipinski definition) is 0. The molecule has 0 aliphatic carbocycles. The summed E-state index contributed by atoms with van der Waals surface area (Å²) in [7, 11) is 0. The zero-order chi connectivity index (χ0) is 14.8. The lowest BCUT2D eigenvalue weighted by molar-refractivity contribution is -0.130. The molecule has 2 aromatic rings. The number of likely N-dealkylation sites (tertiary alicyclic amines) is 1. The molecule has 0 unspecified atom stereocenters. The van der Waals surface area contributed by atoms with Gasteiger partial charge in [-0.2, -0.15) is 0 Å². The Morgan fingerprint density at radius 3 is 2.00 bits per heavy atom. The molecule has 1 heterocycles. The van der Waals surface area contributed by atoms with Crippen LogP contribution >= 0.6 is 0 Å². The van der Waals surface area contributed by atoms with Crippen molar-refractivity contribution < 1.29 is 4.79 Å². The van der Waals surface area contributed by atoms with Gasteiger partial charge in [0.05, 0.1) is 6.04 Å². The van der Waals surface area contributed by atoms with Gasteiger partial charge in [-0.3, -0.25) is 4.79 Å². The minimum atomic E-state index is 0.140. The van der Waals surface area contributed by atoms with E-state index in [2.05, 4.69) is 55.5 Å². The van der Waals surface area contributed by atoms with Crippen LogP contribution in [0.25, 0.3) is 0 Å². The monoisotopic (exact) mass is 279 g/mol. The molecule has 0 saturated carbocycles. The van der Waals surface area contributed by atoms with Crippen molar-refractivity contribution in [3.63, 3.8) is 0 Å². The molecule has 0 spiro atoms. The van der Waals surface area contributed by atoms with Gasteiger partial charge in [-0.1, -0.05) is 67.6 Å². The van der Waals surface area contributed by atoms with Crippen molar-refractivity contribution in [2.75, 3.05) is 6.54 Å². The number of carbonyl (C=O) groups is 1. The number of amides is 1. The molecule has 2 heteroatoms. The Morgan fingerprint density at radius 1 is 0.952 bits per heavy atom. The SMILES string of the molecule is CC(=O)N1C[C@@H](C)[C@@H](c2ccccc2)[C@@H]1c1ccccc1. The van der Waals surface area contributed by atoms with E-state index in [-0.39, 0.29) is 11.9 Å². The Hall–Kier alpha value is -2.09. The Labute approximate surface area is 126 Å². The summed E-state index contributed by atoms with van der Waals surface area (Å²) in [5.74, 6) is 0.980. The van der Waals surface area contributed by atoms with Gasteiger partial charge in [0.15, 0.2) is 0 Å². The van der Waals surface area contributed by atoms with Crippen molar-refractivity contribution in [3.05, 3.63) is 71.8 Å². The van der Waals surface area contributed by atoms with Crippen LogP contribution in [0.4, 0.5) is 0 Å². The Balaban J connectivity index is 2.06. The average Bonchev–Trinajstić information content (AvgIpc) is 2.87. The fourth-order valence-corrected chi connectivity index (χ4v) is 3.59. The number of rotatable bonds is 2. The van der Waals surface area contributed by atoms with Crippen molar-refractivity contribution in [2.45, 2.75) is 25.8 Å². The first-order valence-corrected chi connectivity index (χ1v) is 7.55. The Kier molecular flexibility index (Phi) is 3.78. The van der Waals surface area contributed by atoms with Crippen LogP contribution in [0.2, 0.25) is 0 Å². The molecule has 108 valence electrons. The summed E-state index contributed by atoms with van der Waals surface area (Å²) in [5.41, 5.74) is 2.55. The second-order valence-corrected chi connectivity index (χ2v) is 5.94. The van der Waals surface area contributed by atoms with Gasteiger partial charge < -0.3 is 4.90 Å². The quantitative estimate of drug-likeness (QED) is 0.813. The number of hydrogen-bond acceptors (Lipinski definition) is 1. The Morgan fingerprint density at radius 2 is 1.48 bits per heavy atom. The van der Waals surface area contributed by atoms with Gasteiger partial charge >= 0.3 is 0 Å². The van der Waals surface area contributed by atoms with E-state index in [1.807, 2.05) is 17.0 Å². The maximum atomic E-state index is 12.1. The van der Waals surface area contributed by atoms with Crippen molar-refractivity contribution in [1.82, 2.24) is 4.90 Å². The second kappa shape index (κ2) is 5.72. The molecular formula is C19H21NO. The highest BCUT2D eigenvalue weighted by Crippen LogP contribution is 2.46. The third kappa shape index (κ3) is 2.58. The van der Waals surface area contributed by atoms with Crippen molar-refractivity contribution >= 4 is 5.91 Å². The fourth-order valence-electron chi connectivity index (χ4n) is 3.59. The zero-order valence-electron chi connectivity index (χ0n) is 12.6. The highest BCUT2D eigenvalue weighted by molar-refractivity contribution is 5.74. The van der Waals surface area contributed by atoms with Crippen molar-refractivity contribution in [2.24, 2.45) is 5.92 Å². The Bertz CT molecular complexity index is 608. The molecule has 0 N–H and O–H groups in total. The maximum Gasteiger partial charge on any atom is 0.219 e. The first-order chi connectivity index (χ1) is 10.2. The van der Waals surface area contributed by atoms with Gasteiger partial charge in [-0.25, -0.2) is 0 Å². The van der Waals surface area contributed by atoms with Gasteiger partial charge in [0.1, 0.15) is 0 Å². The molecule has 1 fully saturated rings. The first kappa shape index (κ1) is 13.9. The van der Waals surface area contributed by atoms with Crippen LogP contribution in [0.5, 0.6) is 0 Å². The molecule has 0 radical (unpaired) electrons. The highest BCUT2D eigenvalue weighted by atomic mass is 16.2. The van der Waals surface area contributed by atoms with Crippen LogP contribution in [0.15, 0.2) is 60.7 Å². The first-order valence-electron chi connectivity index (χ1n) is 7.55. The predicted molar refractivity (Wildman–Crippen MR) is 84.9 cm³/mol. The van der Waals surface area contributed by atoms with Crippen LogP contribution < -0.4 is 0 Å². The van der Waals surface area contributed by atoms with E-state index in [0.717, 1.165) is 6.54 Å². The van der Waals surface area contributed by atoms with Gasteiger partial charge in [0.2, 0.25) is 5.91 Å². The van der Waals surface area contributed by atoms with E-state index in [1.165, 1.54) is 11.1 Å². The third-order valence-corrected chi connectivity index (χ3v) is 4.50. The lowest BCUT2D eigenvalue weighted by atomic mass is 9.82. The minimum absolute atomic E-state index is 0.140. The van der Waals surface area contributed by atoms with E-state index in [0.29, 0.717) is 11.8 Å². The van der Waals surface area contributed by atoms with Gasteiger partial charge in [0.25, 0.3) is 0 Å². The van der Waals surface area contributed by atoms with Crippen LogP contribution in [-0.4, -0.2) is 17.4 Å². The van der Waals surface area contributed by atoms with Gasteiger partial charge in [-0.15, -0.1) is 0 Å². The summed E-state index contributed by atoms with van der Waals surface area (Å²) < 4.78 is 0. The topological polar surface area (TPSA) is 20.3 Å². The summed E-state index contributed by atoms with van der Waals surface area (Å²) in [6, 6.07) is 21.1. The summed E-state index contributed by atoms with van der Waals surface area (Å²) in [4.78, 5) is 14.1. The molecule has 1 saturated heterocycles. The van der Waals surface area contributed by atoms with Crippen LogP contribution in [0.3, 0.4) is 0 Å². The predicted octanol–water partition coefficient (Wildman–Crippen LogP) is 4.01. The van der Waals surface area contributed by atoms with Crippen molar-refractivity contribution in [1.29, 1.82) is 0 Å². The second-order valence-electron chi connectivity index (χ2n) is 5.94. The van der Waals surface area contributed by atoms with E-state index in [1.54, 1.807) is 6.92 Å². The smallest absolute Gasteiger partial charge is 0.219 e. The van der Waals surface area contributed by atoms with Gasteiger partial charge in [0, 0.05) is 19.4 Å². The van der Waals surface area contributed by atoms with E-state index in [9.17, 15) is 4.79 Å². The molecular weight excluding hydrogens is 258 g/mol. The number of benzene rings is 2. The molecule has 21 heavy (non-hydrogen) atoms. The van der Waals surface area contributed by atoms with E-state index < -0.39 is 0 Å². The van der Waals surface area contributed by atoms with E-state index >= 15 is 0 Å². The lowest BCUT2D eigenvalue weighted by Crippen LogP contribution is -2.29. The fraction of sp³-hybridized carbons (Fsp3) is 0.316. The molecule has 3 rings (SSSR count). The summed E-state index contributed by atoms with van der Waals surface area (Å²) >= 11 is 0. The standard InChI is InChI=1S/C19H21NO/c1-14-13-20(15(2)21)19(17-11-7-4-8-12-17)18(14)16-9-5-3-6-10-16/h3-12,14,18-19H,13H2,1-2H3/t14-,18+,19+/m1/s1. The normalized spacial score (nSPS) is 25.0. The molecule has 0 bridgehead atoms. The van der Waals surface area contributed by atoms with Crippen LogP contribution in [-0.2, 0) is 4.79 Å². The van der Waals surface area contributed by atoms with Crippen LogP contribution in [0.1, 0.15) is 36.9 Å². The molecule has 3 atom stereocenters. The maximum absolute atomic E-state index is 12.1. The lowest BCUT2D eigenvalue weighted by Gasteiger charge is -2.28. The molecule has 2 nitrogen and oxygen atoms in total. The molecule has 0 aromatic heterocycles. The number of carbonyl (C=O) groups excluding carboxylic acids is 1. The summed E-state index contributed by atoms with van der Waals surface area (Å²) in [5, 5.41) is 0. The third-order valence-electron chi connectivity index (χ3n) is 4.50. The molecule has 2 aromatic carbocycles. The zero-order valence-corrected chi connectivity index (χ0v) is 12.6. The number of nitrogens with zero attached hydrogens (tertiary/aromatic N) is 1. The summed E-state index contributed by atoms with van der Waals surface area (Å²) in [6.45, 7) is 4.75. The highest BCUT2D eigenvalue weighted by Gasteiger charge is 2.42. The van der Waals surface area contributed by atoms with E-state index in [4.69, 9.17) is 0 Å². The molecule has 1 aliphatic heterocycles. The van der Waals surface area contributed by atoms with Gasteiger partial charge in [-0.05, 0) is 17.0 Å². The minimum Gasteiger partial charge on any atom is -0.335 e.